The van der Waals surface area contributed by atoms with Crippen LogP contribution in [-0.4, -0.2) is 5.78 Å². The molecule has 0 aliphatic heterocycles. The molecule has 128 valence electrons. The van der Waals surface area contributed by atoms with E-state index in [1.54, 1.807) is 36.4 Å². The number of ketones is 1. The van der Waals surface area contributed by atoms with Crippen LogP contribution >= 0.6 is 0 Å². The maximum absolute atomic E-state index is 13.1. The van der Waals surface area contributed by atoms with E-state index in [1.807, 2.05) is 0 Å². The Labute approximate surface area is 147 Å². The van der Waals surface area contributed by atoms with Crippen LogP contribution in [0.2, 0.25) is 0 Å². The SMILES string of the molecule is O=C(c1ccoc1-c1ccc(F)cc1)c1ccoc1-c1ccc(F)cc1. The molecule has 0 amide bonds. The van der Waals surface area contributed by atoms with Crippen LogP contribution in [0.3, 0.4) is 0 Å². The topological polar surface area (TPSA) is 43.4 Å². The van der Waals surface area contributed by atoms with E-state index >= 15 is 0 Å². The predicted octanol–water partition coefficient (Wildman–Crippen LogP) is 5.72. The van der Waals surface area contributed by atoms with Gasteiger partial charge in [0.15, 0.2) is 0 Å². The minimum absolute atomic E-state index is 0.300. The van der Waals surface area contributed by atoms with Crippen LogP contribution in [0.25, 0.3) is 22.6 Å². The van der Waals surface area contributed by atoms with Gasteiger partial charge in [-0.3, -0.25) is 4.79 Å². The van der Waals surface area contributed by atoms with Crippen LogP contribution in [0.5, 0.6) is 0 Å². The standard InChI is InChI=1S/C21H12F2O3/c22-15-5-1-13(2-6-15)20-17(9-11-25-20)19(24)18-10-12-26-21(18)14-3-7-16(23)8-4-14/h1-12H. The van der Waals surface area contributed by atoms with Crippen molar-refractivity contribution in [2.75, 3.05) is 0 Å². The maximum Gasteiger partial charge on any atom is 0.200 e. The third-order valence-corrected chi connectivity index (χ3v) is 4.03. The van der Waals surface area contributed by atoms with Gasteiger partial charge in [0.2, 0.25) is 5.78 Å². The third-order valence-electron chi connectivity index (χ3n) is 4.03. The summed E-state index contributed by atoms with van der Waals surface area (Å²) in [7, 11) is 0. The number of benzene rings is 2. The molecular formula is C21H12F2O3. The molecule has 2 aromatic heterocycles. The summed E-state index contributed by atoms with van der Waals surface area (Å²) in [6, 6.07) is 14.5. The first-order chi connectivity index (χ1) is 12.6. The number of hydrogen-bond donors (Lipinski definition) is 0. The molecule has 0 radical (unpaired) electrons. The molecule has 0 saturated carbocycles. The van der Waals surface area contributed by atoms with E-state index in [9.17, 15) is 13.6 Å². The van der Waals surface area contributed by atoms with Crippen LogP contribution in [-0.2, 0) is 0 Å². The number of furan rings is 2. The molecule has 0 unspecified atom stereocenters. The molecule has 0 bridgehead atoms. The second kappa shape index (κ2) is 6.44. The van der Waals surface area contributed by atoms with Crippen molar-refractivity contribution in [1.29, 1.82) is 0 Å². The summed E-state index contributed by atoms with van der Waals surface area (Å²) in [4.78, 5) is 13.0. The van der Waals surface area contributed by atoms with Gasteiger partial charge in [0, 0.05) is 11.1 Å². The molecule has 2 aromatic carbocycles. The highest BCUT2D eigenvalue weighted by Gasteiger charge is 2.23. The highest BCUT2D eigenvalue weighted by molar-refractivity contribution is 6.14. The summed E-state index contributed by atoms with van der Waals surface area (Å²) in [5.74, 6) is -0.350. The molecule has 2 heterocycles. The lowest BCUT2D eigenvalue weighted by molar-refractivity contribution is 0.103. The fourth-order valence-electron chi connectivity index (χ4n) is 2.77. The molecule has 0 aliphatic rings. The first kappa shape index (κ1) is 16.0. The van der Waals surface area contributed by atoms with Crippen molar-refractivity contribution in [3.8, 4) is 22.6 Å². The van der Waals surface area contributed by atoms with Crippen LogP contribution < -0.4 is 0 Å². The third kappa shape index (κ3) is 2.84. The fourth-order valence-corrected chi connectivity index (χ4v) is 2.77. The Morgan fingerprint density at radius 2 is 1.00 bits per heavy atom. The second-order valence-electron chi connectivity index (χ2n) is 5.67. The van der Waals surface area contributed by atoms with Crippen molar-refractivity contribution >= 4 is 5.78 Å². The lowest BCUT2D eigenvalue weighted by Crippen LogP contribution is -2.02. The molecule has 3 nitrogen and oxygen atoms in total. The van der Waals surface area contributed by atoms with E-state index in [-0.39, 0.29) is 17.4 Å². The zero-order valence-electron chi connectivity index (χ0n) is 13.4. The van der Waals surface area contributed by atoms with Gasteiger partial charge in [0.25, 0.3) is 0 Å². The van der Waals surface area contributed by atoms with Crippen molar-refractivity contribution in [2.45, 2.75) is 0 Å². The fraction of sp³-hybridized carbons (Fsp3) is 0. The van der Waals surface area contributed by atoms with Crippen molar-refractivity contribution in [3.05, 3.63) is 96.0 Å². The van der Waals surface area contributed by atoms with E-state index in [0.29, 0.717) is 33.8 Å². The Morgan fingerprint density at radius 3 is 1.38 bits per heavy atom. The minimum atomic E-state index is -0.374. The average molecular weight is 350 g/mol. The molecule has 0 N–H and O–H groups in total. The summed E-state index contributed by atoms with van der Waals surface area (Å²) in [5, 5.41) is 0. The van der Waals surface area contributed by atoms with E-state index in [0.717, 1.165) is 0 Å². The van der Waals surface area contributed by atoms with Crippen LogP contribution in [0, 0.1) is 11.6 Å². The molecular weight excluding hydrogens is 338 g/mol. The van der Waals surface area contributed by atoms with Crippen molar-refractivity contribution in [3.63, 3.8) is 0 Å². The normalized spacial score (nSPS) is 10.8. The number of rotatable bonds is 4. The Hall–Kier alpha value is -3.47. The average Bonchev–Trinajstić information content (AvgIpc) is 3.32. The molecule has 26 heavy (non-hydrogen) atoms. The predicted molar refractivity (Wildman–Crippen MR) is 91.6 cm³/mol. The van der Waals surface area contributed by atoms with Crippen molar-refractivity contribution in [2.24, 2.45) is 0 Å². The Bertz CT molecular complexity index is 972. The highest BCUT2D eigenvalue weighted by Crippen LogP contribution is 2.31. The van der Waals surface area contributed by atoms with Gasteiger partial charge in [-0.15, -0.1) is 0 Å². The number of carbonyl (C=O) groups excluding carboxylic acids is 1. The second-order valence-corrected chi connectivity index (χ2v) is 5.67. The summed E-state index contributed by atoms with van der Waals surface area (Å²) in [6.07, 6.45) is 2.81. The zero-order valence-corrected chi connectivity index (χ0v) is 13.4. The van der Waals surface area contributed by atoms with Crippen LogP contribution in [0.1, 0.15) is 15.9 Å². The lowest BCUT2D eigenvalue weighted by atomic mass is 9.98. The molecule has 0 aliphatic carbocycles. The summed E-state index contributed by atoms with van der Waals surface area (Å²) in [6.45, 7) is 0. The molecule has 4 aromatic rings. The van der Waals surface area contributed by atoms with Crippen molar-refractivity contribution < 1.29 is 22.4 Å². The Balaban J connectivity index is 1.75. The Morgan fingerprint density at radius 1 is 0.615 bits per heavy atom. The quantitative estimate of drug-likeness (QED) is 0.442. The summed E-state index contributed by atoms with van der Waals surface area (Å²) >= 11 is 0. The molecule has 0 spiro atoms. The smallest absolute Gasteiger partial charge is 0.200 e. The number of halogens is 2. The Kier molecular flexibility index (Phi) is 3.97. The van der Waals surface area contributed by atoms with E-state index < -0.39 is 0 Å². The van der Waals surface area contributed by atoms with Gasteiger partial charge in [-0.1, -0.05) is 0 Å². The van der Waals surface area contributed by atoms with Crippen LogP contribution in [0.4, 0.5) is 8.78 Å². The van der Waals surface area contributed by atoms with Gasteiger partial charge >= 0.3 is 0 Å². The number of hydrogen-bond acceptors (Lipinski definition) is 3. The summed E-state index contributed by atoms with van der Waals surface area (Å²) in [5.41, 5.74) is 1.85. The van der Waals surface area contributed by atoms with E-state index in [2.05, 4.69) is 0 Å². The van der Waals surface area contributed by atoms with Gasteiger partial charge < -0.3 is 8.83 Å². The minimum Gasteiger partial charge on any atom is -0.464 e. The molecule has 0 saturated heterocycles. The summed E-state index contributed by atoms with van der Waals surface area (Å²) < 4.78 is 37.2. The monoisotopic (exact) mass is 350 g/mol. The van der Waals surface area contributed by atoms with Gasteiger partial charge in [-0.2, -0.15) is 0 Å². The van der Waals surface area contributed by atoms with E-state index in [1.165, 1.54) is 36.8 Å². The van der Waals surface area contributed by atoms with Crippen LogP contribution in [0.15, 0.2) is 82.0 Å². The first-order valence-electron chi connectivity index (χ1n) is 7.85. The van der Waals surface area contributed by atoms with Gasteiger partial charge in [-0.05, 0) is 60.7 Å². The molecule has 4 rings (SSSR count). The highest BCUT2D eigenvalue weighted by atomic mass is 19.1. The van der Waals surface area contributed by atoms with Gasteiger partial charge in [0.1, 0.15) is 23.2 Å². The molecule has 5 heteroatoms. The molecule has 0 atom stereocenters. The van der Waals surface area contributed by atoms with E-state index in [4.69, 9.17) is 8.83 Å². The zero-order chi connectivity index (χ0) is 18.1. The van der Waals surface area contributed by atoms with Gasteiger partial charge in [0.05, 0.1) is 23.7 Å². The lowest BCUT2D eigenvalue weighted by Gasteiger charge is -2.04. The maximum atomic E-state index is 13.1. The number of carbonyl (C=O) groups is 1. The first-order valence-corrected chi connectivity index (χ1v) is 7.85. The largest absolute Gasteiger partial charge is 0.464 e. The van der Waals surface area contributed by atoms with Crippen molar-refractivity contribution in [1.82, 2.24) is 0 Å². The molecule has 0 fully saturated rings. The van der Waals surface area contributed by atoms with Gasteiger partial charge in [-0.25, -0.2) is 8.78 Å².